The minimum atomic E-state index is -2.47. The van der Waals surface area contributed by atoms with Crippen LogP contribution >= 0.6 is 45.5 Å². The van der Waals surface area contributed by atoms with E-state index < -0.39 is 6.43 Å². The van der Waals surface area contributed by atoms with Crippen molar-refractivity contribution in [1.82, 2.24) is 0 Å². The molecule has 0 aliphatic carbocycles. The van der Waals surface area contributed by atoms with Crippen molar-refractivity contribution in [2.75, 3.05) is 0 Å². The van der Waals surface area contributed by atoms with Gasteiger partial charge >= 0.3 is 0 Å². The number of fused-ring (bicyclic) bond motifs is 1. The second-order valence-corrected chi connectivity index (χ2v) is 5.95. The number of halogens is 4. The highest BCUT2D eigenvalue weighted by molar-refractivity contribution is 14.1. The third-order valence-electron chi connectivity index (χ3n) is 1.89. The van der Waals surface area contributed by atoms with E-state index in [-0.39, 0.29) is 5.56 Å². The molecule has 0 atom stereocenters. The van der Waals surface area contributed by atoms with Gasteiger partial charge in [-0.1, -0.05) is 23.7 Å². The SMILES string of the molecule is FC(F)c1cccc2sc(I)c(Cl)c12. The summed E-state index contributed by atoms with van der Waals surface area (Å²) in [7, 11) is 0. The fraction of sp³-hybridized carbons (Fsp3) is 0.111. The predicted octanol–water partition coefficient (Wildman–Crippen LogP) is 5.10. The van der Waals surface area contributed by atoms with E-state index in [1.54, 1.807) is 12.1 Å². The van der Waals surface area contributed by atoms with Crippen molar-refractivity contribution < 1.29 is 8.78 Å². The summed E-state index contributed by atoms with van der Waals surface area (Å²) in [5.74, 6) is 0. The molecule has 0 amide bonds. The molecule has 2 aromatic rings. The van der Waals surface area contributed by atoms with Gasteiger partial charge in [0.25, 0.3) is 6.43 Å². The quantitative estimate of drug-likeness (QED) is 0.632. The largest absolute Gasteiger partial charge is 0.264 e. The molecule has 0 fully saturated rings. The highest BCUT2D eigenvalue weighted by Gasteiger charge is 2.17. The lowest BCUT2D eigenvalue weighted by Gasteiger charge is -2.01. The first kappa shape index (κ1) is 10.6. The van der Waals surface area contributed by atoms with Crippen molar-refractivity contribution in [3.63, 3.8) is 0 Å². The molecule has 0 N–H and O–H groups in total. The van der Waals surface area contributed by atoms with Crippen LogP contribution in [0.15, 0.2) is 18.2 Å². The molecule has 74 valence electrons. The fourth-order valence-corrected chi connectivity index (χ4v) is 3.51. The summed E-state index contributed by atoms with van der Waals surface area (Å²) in [6, 6.07) is 4.86. The maximum Gasteiger partial charge on any atom is 0.264 e. The third kappa shape index (κ3) is 1.63. The minimum Gasteiger partial charge on any atom is -0.205 e. The molecular formula is C9H4ClF2IS. The Morgan fingerprint density at radius 1 is 1.36 bits per heavy atom. The van der Waals surface area contributed by atoms with Crippen LogP contribution in [0, 0.1) is 2.88 Å². The lowest BCUT2D eigenvalue weighted by atomic mass is 10.1. The van der Waals surface area contributed by atoms with Crippen LogP contribution in [0.3, 0.4) is 0 Å². The molecule has 1 heterocycles. The smallest absolute Gasteiger partial charge is 0.205 e. The summed E-state index contributed by atoms with van der Waals surface area (Å²) in [6.45, 7) is 0. The van der Waals surface area contributed by atoms with Gasteiger partial charge in [-0.05, 0) is 28.7 Å². The van der Waals surface area contributed by atoms with Crippen molar-refractivity contribution in [2.24, 2.45) is 0 Å². The Labute approximate surface area is 102 Å². The molecule has 0 unspecified atom stereocenters. The molecule has 0 spiro atoms. The lowest BCUT2D eigenvalue weighted by molar-refractivity contribution is 0.153. The Hall–Kier alpha value is 0.0600. The van der Waals surface area contributed by atoms with Crippen molar-refractivity contribution in [2.45, 2.75) is 6.43 Å². The lowest BCUT2D eigenvalue weighted by Crippen LogP contribution is -1.84. The van der Waals surface area contributed by atoms with E-state index in [4.69, 9.17) is 11.6 Å². The van der Waals surface area contributed by atoms with E-state index in [1.807, 2.05) is 0 Å². The predicted molar refractivity (Wildman–Crippen MR) is 64.5 cm³/mol. The number of benzene rings is 1. The average molecular weight is 345 g/mol. The summed E-state index contributed by atoms with van der Waals surface area (Å²) in [4.78, 5) is 0. The molecule has 1 aromatic heterocycles. The van der Waals surface area contributed by atoms with Crippen LogP contribution in [0.4, 0.5) is 8.78 Å². The molecular weight excluding hydrogens is 341 g/mol. The van der Waals surface area contributed by atoms with Crippen LogP contribution in [0.2, 0.25) is 5.02 Å². The standard InChI is InChI=1S/C9H4ClF2IS/c10-7-6-4(8(11)12)2-1-3-5(6)14-9(7)13/h1-3,8H. The second-order valence-electron chi connectivity index (χ2n) is 2.71. The highest BCUT2D eigenvalue weighted by Crippen LogP contribution is 2.40. The van der Waals surface area contributed by atoms with Crippen LogP contribution in [-0.4, -0.2) is 0 Å². The van der Waals surface area contributed by atoms with Gasteiger partial charge in [0.15, 0.2) is 0 Å². The number of thiophene rings is 1. The molecule has 5 heteroatoms. The topological polar surface area (TPSA) is 0 Å². The van der Waals surface area contributed by atoms with Gasteiger partial charge in [-0.2, -0.15) is 0 Å². The first-order valence-electron chi connectivity index (χ1n) is 3.76. The number of alkyl halides is 2. The number of hydrogen-bond acceptors (Lipinski definition) is 1. The Morgan fingerprint density at radius 3 is 2.71 bits per heavy atom. The van der Waals surface area contributed by atoms with Gasteiger partial charge in [0.1, 0.15) is 0 Å². The van der Waals surface area contributed by atoms with Gasteiger partial charge in [0.2, 0.25) is 0 Å². The zero-order valence-corrected chi connectivity index (χ0v) is 10.5. The molecule has 14 heavy (non-hydrogen) atoms. The third-order valence-corrected chi connectivity index (χ3v) is 4.84. The zero-order chi connectivity index (χ0) is 10.3. The van der Waals surface area contributed by atoms with E-state index in [2.05, 4.69) is 22.6 Å². The normalized spacial score (nSPS) is 11.5. The summed E-state index contributed by atoms with van der Waals surface area (Å²) in [5.41, 5.74) is 0.0201. The Kier molecular flexibility index (Phi) is 2.95. The van der Waals surface area contributed by atoms with Crippen molar-refractivity contribution in [1.29, 1.82) is 0 Å². The minimum absolute atomic E-state index is 0.0201. The maximum absolute atomic E-state index is 12.6. The van der Waals surface area contributed by atoms with Crippen LogP contribution < -0.4 is 0 Å². The Morgan fingerprint density at radius 2 is 2.07 bits per heavy atom. The van der Waals surface area contributed by atoms with E-state index in [0.29, 0.717) is 10.4 Å². The maximum atomic E-state index is 12.6. The number of rotatable bonds is 1. The van der Waals surface area contributed by atoms with Gasteiger partial charge < -0.3 is 0 Å². The molecule has 0 nitrogen and oxygen atoms in total. The molecule has 2 rings (SSSR count). The van der Waals surface area contributed by atoms with E-state index in [9.17, 15) is 8.78 Å². The summed E-state index contributed by atoms with van der Waals surface area (Å²) in [5, 5.41) is 0.945. The van der Waals surface area contributed by atoms with Gasteiger partial charge in [-0.15, -0.1) is 11.3 Å². The average Bonchev–Trinajstić information content (AvgIpc) is 2.43. The molecule has 0 radical (unpaired) electrons. The van der Waals surface area contributed by atoms with E-state index >= 15 is 0 Å². The molecule has 0 aliphatic rings. The van der Waals surface area contributed by atoms with Crippen LogP contribution in [0.5, 0.6) is 0 Å². The summed E-state index contributed by atoms with van der Waals surface area (Å²) in [6.07, 6.45) is -2.47. The van der Waals surface area contributed by atoms with Crippen molar-refractivity contribution in [3.8, 4) is 0 Å². The molecule has 0 bridgehead atoms. The Balaban J connectivity index is 2.84. The monoisotopic (exact) mass is 344 g/mol. The highest BCUT2D eigenvalue weighted by atomic mass is 127. The van der Waals surface area contributed by atoms with Crippen LogP contribution in [-0.2, 0) is 0 Å². The zero-order valence-electron chi connectivity index (χ0n) is 6.73. The summed E-state index contributed by atoms with van der Waals surface area (Å²) >= 11 is 9.45. The van der Waals surface area contributed by atoms with E-state index in [1.165, 1.54) is 17.4 Å². The Bertz CT molecular complexity index is 481. The van der Waals surface area contributed by atoms with Gasteiger partial charge in [0.05, 0.1) is 7.91 Å². The van der Waals surface area contributed by atoms with Crippen molar-refractivity contribution in [3.05, 3.63) is 31.7 Å². The van der Waals surface area contributed by atoms with Gasteiger partial charge in [-0.3, -0.25) is 0 Å². The molecule has 0 aliphatic heterocycles. The van der Waals surface area contributed by atoms with Gasteiger partial charge in [0, 0.05) is 15.6 Å². The fourth-order valence-electron chi connectivity index (χ4n) is 1.29. The first-order valence-corrected chi connectivity index (χ1v) is 6.03. The van der Waals surface area contributed by atoms with Crippen LogP contribution in [0.25, 0.3) is 10.1 Å². The first-order chi connectivity index (χ1) is 6.61. The second kappa shape index (κ2) is 3.90. The van der Waals surface area contributed by atoms with E-state index in [0.717, 1.165) is 7.58 Å². The van der Waals surface area contributed by atoms with Gasteiger partial charge in [-0.25, -0.2) is 8.78 Å². The molecule has 1 aromatic carbocycles. The van der Waals surface area contributed by atoms with Crippen molar-refractivity contribution >= 4 is 55.6 Å². The number of hydrogen-bond donors (Lipinski definition) is 0. The van der Waals surface area contributed by atoms with Crippen LogP contribution in [0.1, 0.15) is 12.0 Å². The molecule has 0 saturated carbocycles. The summed E-state index contributed by atoms with van der Waals surface area (Å²) < 4.78 is 26.9. The molecule has 0 saturated heterocycles.